The van der Waals surface area contributed by atoms with Gasteiger partial charge in [0, 0.05) is 29.4 Å². The summed E-state index contributed by atoms with van der Waals surface area (Å²) in [7, 11) is -0.675. The van der Waals surface area contributed by atoms with Crippen LogP contribution in [-0.2, 0) is 10.0 Å². The van der Waals surface area contributed by atoms with Crippen LogP contribution in [0, 0.1) is 11.3 Å². The maximum Gasteiger partial charge on any atom is 0.230 e. The molecule has 1 N–H and O–H groups in total. The SMILES string of the molecule is CC(C)(C)[SiH2]OC(C)(C)c1ccc(Nc2ncc3cc(C#N)n(C4CCCC4)c3n2)nc1. The lowest BCUT2D eigenvalue weighted by molar-refractivity contribution is 0.109. The highest BCUT2D eigenvalue weighted by molar-refractivity contribution is 6.31. The summed E-state index contributed by atoms with van der Waals surface area (Å²) in [5.41, 5.74) is 2.15. The van der Waals surface area contributed by atoms with Crippen molar-refractivity contribution in [2.75, 3.05) is 5.32 Å². The predicted molar refractivity (Wildman–Crippen MR) is 130 cm³/mol. The molecule has 0 saturated heterocycles. The zero-order valence-electron chi connectivity index (χ0n) is 19.6. The number of aromatic nitrogens is 4. The van der Waals surface area contributed by atoms with E-state index in [1.165, 1.54) is 12.8 Å². The number of rotatable bonds is 6. The Morgan fingerprint density at radius 1 is 1.12 bits per heavy atom. The molecule has 168 valence electrons. The molecule has 1 saturated carbocycles. The Kier molecular flexibility index (Phi) is 6.06. The van der Waals surface area contributed by atoms with E-state index in [4.69, 9.17) is 9.41 Å². The minimum absolute atomic E-state index is 0.240. The summed E-state index contributed by atoms with van der Waals surface area (Å²) in [6.45, 7) is 10.9. The number of nitriles is 1. The van der Waals surface area contributed by atoms with Crippen LogP contribution in [0.25, 0.3) is 11.0 Å². The lowest BCUT2D eigenvalue weighted by Crippen LogP contribution is -2.27. The third-order valence-corrected chi connectivity index (χ3v) is 7.68. The van der Waals surface area contributed by atoms with Gasteiger partial charge in [0.25, 0.3) is 0 Å². The van der Waals surface area contributed by atoms with E-state index >= 15 is 0 Å². The number of pyridine rings is 1. The molecule has 3 heterocycles. The van der Waals surface area contributed by atoms with Crippen molar-refractivity contribution >= 4 is 32.6 Å². The summed E-state index contributed by atoms with van der Waals surface area (Å²) in [6, 6.07) is 8.52. The molecule has 8 heteroatoms. The number of nitrogens with zero attached hydrogens (tertiary/aromatic N) is 5. The van der Waals surface area contributed by atoms with E-state index in [1.807, 2.05) is 24.4 Å². The molecule has 0 aromatic carbocycles. The van der Waals surface area contributed by atoms with Crippen molar-refractivity contribution < 1.29 is 4.43 Å². The average molecular weight is 449 g/mol. The first-order chi connectivity index (χ1) is 15.2. The molecule has 3 aromatic rings. The number of hydrogen-bond acceptors (Lipinski definition) is 6. The zero-order chi connectivity index (χ0) is 22.9. The van der Waals surface area contributed by atoms with Gasteiger partial charge in [0.15, 0.2) is 9.76 Å². The van der Waals surface area contributed by atoms with E-state index in [1.54, 1.807) is 6.20 Å². The second-order valence-electron chi connectivity index (χ2n) is 10.3. The van der Waals surface area contributed by atoms with Gasteiger partial charge >= 0.3 is 0 Å². The molecule has 1 fully saturated rings. The molecular weight excluding hydrogens is 416 g/mol. The normalized spacial score (nSPS) is 15.6. The van der Waals surface area contributed by atoms with Crippen LogP contribution in [0.4, 0.5) is 11.8 Å². The minimum atomic E-state index is -0.675. The maximum atomic E-state index is 9.61. The van der Waals surface area contributed by atoms with Crippen molar-refractivity contribution in [3.05, 3.63) is 41.9 Å². The van der Waals surface area contributed by atoms with Gasteiger partial charge in [-0.15, -0.1) is 0 Å². The van der Waals surface area contributed by atoms with Crippen LogP contribution in [0.2, 0.25) is 5.04 Å². The molecule has 0 radical (unpaired) electrons. The number of hydrogen-bond donors (Lipinski definition) is 1. The maximum absolute atomic E-state index is 9.61. The highest BCUT2D eigenvalue weighted by Gasteiger charge is 2.25. The predicted octanol–water partition coefficient (Wildman–Crippen LogP) is 5.11. The van der Waals surface area contributed by atoms with Crippen molar-refractivity contribution in [1.29, 1.82) is 5.26 Å². The Balaban J connectivity index is 1.54. The van der Waals surface area contributed by atoms with Crippen LogP contribution in [0.1, 0.15) is 77.6 Å². The van der Waals surface area contributed by atoms with E-state index in [9.17, 15) is 5.26 Å². The molecule has 0 unspecified atom stereocenters. The van der Waals surface area contributed by atoms with Crippen LogP contribution in [-0.4, -0.2) is 29.3 Å². The Labute approximate surface area is 192 Å². The minimum Gasteiger partial charge on any atom is -0.414 e. The van der Waals surface area contributed by atoms with Gasteiger partial charge < -0.3 is 14.3 Å². The first-order valence-electron chi connectivity index (χ1n) is 11.3. The molecule has 0 atom stereocenters. The van der Waals surface area contributed by atoms with E-state index in [0.29, 0.717) is 23.5 Å². The van der Waals surface area contributed by atoms with Crippen LogP contribution < -0.4 is 5.32 Å². The molecular formula is C24H32N6OSi. The van der Waals surface area contributed by atoms with Gasteiger partial charge in [-0.2, -0.15) is 10.2 Å². The molecule has 1 aliphatic rings. The molecule has 0 spiro atoms. The van der Waals surface area contributed by atoms with Crippen molar-refractivity contribution in [1.82, 2.24) is 19.5 Å². The molecule has 0 amide bonds. The lowest BCUT2D eigenvalue weighted by atomic mass is 10.0. The van der Waals surface area contributed by atoms with Crippen LogP contribution in [0.3, 0.4) is 0 Å². The number of fused-ring (bicyclic) bond motifs is 1. The zero-order valence-corrected chi connectivity index (χ0v) is 21.1. The summed E-state index contributed by atoms with van der Waals surface area (Å²) in [5, 5.41) is 14.0. The number of nitrogens with one attached hydrogen (secondary N) is 1. The van der Waals surface area contributed by atoms with Gasteiger partial charge in [0.1, 0.15) is 23.2 Å². The monoisotopic (exact) mass is 448 g/mol. The summed E-state index contributed by atoms with van der Waals surface area (Å²) in [6.07, 6.45) is 8.20. The largest absolute Gasteiger partial charge is 0.414 e. The Morgan fingerprint density at radius 2 is 1.88 bits per heavy atom. The van der Waals surface area contributed by atoms with E-state index in [-0.39, 0.29) is 10.6 Å². The summed E-state index contributed by atoms with van der Waals surface area (Å²) in [5.74, 6) is 1.16. The molecule has 1 aliphatic carbocycles. The molecule has 0 aliphatic heterocycles. The van der Waals surface area contributed by atoms with Gasteiger partial charge in [-0.3, -0.25) is 0 Å². The Hall–Kier alpha value is -2.76. The molecule has 0 bridgehead atoms. The summed E-state index contributed by atoms with van der Waals surface area (Å²) in [4.78, 5) is 13.8. The molecule has 32 heavy (non-hydrogen) atoms. The topological polar surface area (TPSA) is 88.6 Å². The second-order valence-corrected chi connectivity index (χ2v) is 13.0. The first-order valence-corrected chi connectivity index (χ1v) is 12.6. The summed E-state index contributed by atoms with van der Waals surface area (Å²) >= 11 is 0. The standard InChI is InChI=1S/C24H32N6OSi/c1-23(2,3)32-31-24(4,5)17-10-11-20(26-15-17)28-22-27-14-16-12-19(13-25)30(21(16)29-22)18-8-6-7-9-18/h10-12,14-15,18H,6-9,32H2,1-5H3,(H,26,27,28,29). The summed E-state index contributed by atoms with van der Waals surface area (Å²) < 4.78 is 8.37. The van der Waals surface area contributed by atoms with E-state index in [2.05, 4.69) is 60.5 Å². The molecule has 7 nitrogen and oxygen atoms in total. The lowest BCUT2D eigenvalue weighted by Gasteiger charge is -2.30. The Morgan fingerprint density at radius 3 is 2.50 bits per heavy atom. The third kappa shape index (κ3) is 4.84. The fourth-order valence-electron chi connectivity index (χ4n) is 4.11. The van der Waals surface area contributed by atoms with Gasteiger partial charge in [0.2, 0.25) is 5.95 Å². The quantitative estimate of drug-likeness (QED) is 0.527. The fraction of sp³-hybridized carbons (Fsp3) is 0.500. The van der Waals surface area contributed by atoms with Gasteiger partial charge in [-0.05, 0) is 43.9 Å². The first kappa shape index (κ1) is 22.4. The highest BCUT2D eigenvalue weighted by Crippen LogP contribution is 2.34. The average Bonchev–Trinajstić information content (AvgIpc) is 3.39. The molecule has 3 aromatic heterocycles. The van der Waals surface area contributed by atoms with Crippen LogP contribution in [0.15, 0.2) is 30.6 Å². The van der Waals surface area contributed by atoms with E-state index in [0.717, 1.165) is 29.4 Å². The smallest absolute Gasteiger partial charge is 0.230 e. The third-order valence-electron chi connectivity index (χ3n) is 5.94. The van der Waals surface area contributed by atoms with Crippen molar-refractivity contribution in [3.63, 3.8) is 0 Å². The van der Waals surface area contributed by atoms with Crippen molar-refractivity contribution in [2.24, 2.45) is 0 Å². The number of anilines is 2. The highest BCUT2D eigenvalue weighted by atomic mass is 28.2. The van der Waals surface area contributed by atoms with Gasteiger partial charge in [0.05, 0.1) is 5.60 Å². The van der Waals surface area contributed by atoms with E-state index < -0.39 is 9.76 Å². The van der Waals surface area contributed by atoms with Gasteiger partial charge in [-0.1, -0.05) is 39.7 Å². The van der Waals surface area contributed by atoms with Gasteiger partial charge in [-0.25, -0.2) is 9.97 Å². The van der Waals surface area contributed by atoms with Crippen molar-refractivity contribution in [2.45, 2.75) is 77.0 Å². The van der Waals surface area contributed by atoms with Crippen LogP contribution >= 0.6 is 0 Å². The fourth-order valence-corrected chi connectivity index (χ4v) is 5.07. The second kappa shape index (κ2) is 8.64. The van der Waals surface area contributed by atoms with Crippen molar-refractivity contribution in [3.8, 4) is 6.07 Å². The Bertz CT molecular complexity index is 1130. The van der Waals surface area contributed by atoms with Crippen LogP contribution in [0.5, 0.6) is 0 Å². The molecule has 4 rings (SSSR count).